The number of nitro benzene ring substituents is 1. The minimum absolute atomic E-state index is 0.0453. The van der Waals surface area contributed by atoms with E-state index in [0.717, 1.165) is 11.1 Å². The summed E-state index contributed by atoms with van der Waals surface area (Å²) < 4.78 is 12.9. The second kappa shape index (κ2) is 10.2. The van der Waals surface area contributed by atoms with Crippen molar-refractivity contribution in [3.63, 3.8) is 0 Å². The molecule has 2 aromatic heterocycles. The smallest absolute Gasteiger partial charge is 0.338 e. The van der Waals surface area contributed by atoms with E-state index in [0.29, 0.717) is 37.7 Å². The highest BCUT2D eigenvalue weighted by Crippen LogP contribution is 2.32. The van der Waals surface area contributed by atoms with Crippen LogP contribution in [0.3, 0.4) is 0 Å². The summed E-state index contributed by atoms with van der Waals surface area (Å²) in [4.78, 5) is 42.4. The molecule has 40 heavy (non-hydrogen) atoms. The standard InChI is InChI=1S/C30H27N3O6S/c1-17-25(28(35)38-5)26(18-9-11-20(12-10-18)30(2,3)4)32-27(34)24(40-29(32)31-17)16-22-13-14-23(39-22)19-7-6-8-21(15-19)33(36)37/h6-16,26H,1-5H3/b24-16+/t26-/m0/s1. The molecule has 0 aliphatic carbocycles. The highest BCUT2D eigenvalue weighted by Gasteiger charge is 2.33. The molecule has 1 atom stereocenters. The minimum atomic E-state index is -0.711. The zero-order valence-corrected chi connectivity index (χ0v) is 23.4. The topological polar surface area (TPSA) is 117 Å². The quantitative estimate of drug-likeness (QED) is 0.196. The summed E-state index contributed by atoms with van der Waals surface area (Å²) in [5.74, 6) is 0.290. The van der Waals surface area contributed by atoms with E-state index < -0.39 is 16.9 Å². The Hall–Kier alpha value is -4.57. The Balaban J connectivity index is 1.61. The molecule has 3 heterocycles. The summed E-state index contributed by atoms with van der Waals surface area (Å²) in [6.45, 7) is 8.09. The van der Waals surface area contributed by atoms with Gasteiger partial charge >= 0.3 is 5.97 Å². The van der Waals surface area contributed by atoms with Crippen LogP contribution in [0.1, 0.15) is 50.6 Å². The number of esters is 1. The summed E-state index contributed by atoms with van der Waals surface area (Å²) in [5, 5.41) is 11.2. The Morgan fingerprint density at radius 3 is 2.52 bits per heavy atom. The number of aromatic nitrogens is 1. The lowest BCUT2D eigenvalue weighted by atomic mass is 9.85. The van der Waals surface area contributed by atoms with Crippen molar-refractivity contribution < 1.29 is 18.9 Å². The number of hydrogen-bond donors (Lipinski definition) is 0. The number of nitrogens with zero attached hydrogens (tertiary/aromatic N) is 3. The van der Waals surface area contributed by atoms with Crippen molar-refractivity contribution in [3.8, 4) is 11.3 Å². The van der Waals surface area contributed by atoms with Crippen LogP contribution in [-0.4, -0.2) is 22.6 Å². The first-order chi connectivity index (χ1) is 19.0. The molecule has 0 saturated carbocycles. The Morgan fingerprint density at radius 1 is 1.15 bits per heavy atom. The van der Waals surface area contributed by atoms with Crippen molar-refractivity contribution in [1.29, 1.82) is 0 Å². The number of benzene rings is 2. The van der Waals surface area contributed by atoms with E-state index >= 15 is 0 Å². The van der Waals surface area contributed by atoms with Crippen molar-refractivity contribution in [1.82, 2.24) is 4.57 Å². The van der Waals surface area contributed by atoms with Crippen molar-refractivity contribution in [2.45, 2.75) is 39.2 Å². The number of methoxy groups -OCH3 is 1. The summed E-state index contributed by atoms with van der Waals surface area (Å²) in [5.41, 5.74) is 2.80. The molecule has 4 aromatic rings. The maximum Gasteiger partial charge on any atom is 0.338 e. The Labute approximate surface area is 233 Å². The van der Waals surface area contributed by atoms with E-state index in [1.165, 1.54) is 35.1 Å². The number of hydrogen-bond acceptors (Lipinski definition) is 8. The van der Waals surface area contributed by atoms with Gasteiger partial charge in [-0.15, -0.1) is 0 Å². The molecule has 0 spiro atoms. The van der Waals surface area contributed by atoms with Gasteiger partial charge in [0.15, 0.2) is 4.80 Å². The molecule has 0 bridgehead atoms. The van der Waals surface area contributed by atoms with Gasteiger partial charge in [0.1, 0.15) is 11.5 Å². The first-order valence-corrected chi connectivity index (χ1v) is 13.4. The fraction of sp³-hybridized carbons (Fsp3) is 0.233. The number of non-ortho nitro benzene ring substituents is 1. The van der Waals surface area contributed by atoms with Crippen LogP contribution in [0.4, 0.5) is 5.69 Å². The van der Waals surface area contributed by atoms with Gasteiger partial charge in [-0.2, -0.15) is 0 Å². The largest absolute Gasteiger partial charge is 0.466 e. The highest BCUT2D eigenvalue weighted by atomic mass is 32.1. The molecule has 10 heteroatoms. The van der Waals surface area contributed by atoms with Crippen molar-refractivity contribution in [2.24, 2.45) is 4.99 Å². The molecule has 2 aromatic carbocycles. The van der Waals surface area contributed by atoms with E-state index in [2.05, 4.69) is 25.8 Å². The predicted octanol–water partition coefficient (Wildman–Crippen LogP) is 4.87. The maximum absolute atomic E-state index is 13.8. The average Bonchev–Trinajstić information content (AvgIpc) is 3.51. The monoisotopic (exact) mass is 557 g/mol. The molecular weight excluding hydrogens is 530 g/mol. The third kappa shape index (κ3) is 4.93. The van der Waals surface area contributed by atoms with Gasteiger partial charge in [0.25, 0.3) is 11.2 Å². The fourth-order valence-electron chi connectivity index (χ4n) is 4.66. The number of nitro groups is 1. The molecule has 0 N–H and O–H groups in total. The number of carbonyl (C=O) groups is 1. The molecule has 1 aliphatic rings. The normalized spacial score (nSPS) is 15.5. The molecular formula is C30H27N3O6S. The fourth-order valence-corrected chi connectivity index (χ4v) is 5.69. The van der Waals surface area contributed by atoms with E-state index in [9.17, 15) is 19.7 Å². The van der Waals surface area contributed by atoms with Crippen molar-refractivity contribution >= 4 is 29.1 Å². The van der Waals surface area contributed by atoms with E-state index in [4.69, 9.17) is 9.15 Å². The van der Waals surface area contributed by atoms with Crippen LogP contribution in [-0.2, 0) is 14.9 Å². The third-order valence-electron chi connectivity index (χ3n) is 6.76. The van der Waals surface area contributed by atoms with Crippen LogP contribution in [0.25, 0.3) is 17.4 Å². The Bertz CT molecular complexity index is 1850. The SMILES string of the molecule is COC(=O)C1=C(C)N=c2s/c(=C/c3ccc(-c4cccc([N+](=O)[O-])c4)o3)c(=O)n2[C@H]1c1ccc(C(C)(C)C)cc1. The van der Waals surface area contributed by atoms with Gasteiger partial charge in [0.2, 0.25) is 0 Å². The van der Waals surface area contributed by atoms with Crippen LogP contribution >= 0.6 is 11.3 Å². The predicted molar refractivity (Wildman–Crippen MR) is 152 cm³/mol. The van der Waals surface area contributed by atoms with Gasteiger partial charge in [-0.1, -0.05) is 68.5 Å². The van der Waals surface area contributed by atoms with Crippen LogP contribution in [0.5, 0.6) is 0 Å². The number of fused-ring (bicyclic) bond motifs is 1. The van der Waals surface area contributed by atoms with Gasteiger partial charge in [0, 0.05) is 23.8 Å². The number of ether oxygens (including phenoxy) is 1. The van der Waals surface area contributed by atoms with Crippen LogP contribution in [0.15, 0.2) is 86.1 Å². The lowest BCUT2D eigenvalue weighted by molar-refractivity contribution is -0.384. The number of furan rings is 1. The molecule has 5 rings (SSSR count). The molecule has 0 radical (unpaired) electrons. The maximum atomic E-state index is 13.8. The summed E-state index contributed by atoms with van der Waals surface area (Å²) in [6.07, 6.45) is 1.61. The van der Waals surface area contributed by atoms with Crippen molar-refractivity contribution in [2.75, 3.05) is 7.11 Å². The molecule has 1 aliphatic heterocycles. The first-order valence-electron chi connectivity index (χ1n) is 12.5. The minimum Gasteiger partial charge on any atom is -0.466 e. The number of rotatable bonds is 5. The zero-order valence-electron chi connectivity index (χ0n) is 22.6. The number of allylic oxidation sites excluding steroid dienone is 1. The number of thiazole rings is 1. The van der Waals surface area contributed by atoms with E-state index in [-0.39, 0.29) is 16.7 Å². The lowest BCUT2D eigenvalue weighted by Gasteiger charge is -2.25. The highest BCUT2D eigenvalue weighted by molar-refractivity contribution is 7.07. The zero-order chi connectivity index (χ0) is 28.8. The van der Waals surface area contributed by atoms with Crippen LogP contribution in [0.2, 0.25) is 0 Å². The molecule has 9 nitrogen and oxygen atoms in total. The lowest BCUT2D eigenvalue weighted by Crippen LogP contribution is -2.39. The Morgan fingerprint density at radius 2 is 1.88 bits per heavy atom. The number of carbonyl (C=O) groups excluding carboxylic acids is 1. The van der Waals surface area contributed by atoms with Gasteiger partial charge in [0.05, 0.1) is 33.9 Å². The molecule has 0 unspecified atom stereocenters. The summed E-state index contributed by atoms with van der Waals surface area (Å²) in [7, 11) is 1.31. The second-order valence-corrected chi connectivity index (χ2v) is 11.5. The van der Waals surface area contributed by atoms with E-state index in [1.54, 1.807) is 37.3 Å². The van der Waals surface area contributed by atoms with E-state index in [1.807, 2.05) is 24.3 Å². The molecule has 0 amide bonds. The van der Waals surface area contributed by atoms with Gasteiger partial charge in [-0.3, -0.25) is 19.5 Å². The summed E-state index contributed by atoms with van der Waals surface area (Å²) in [6, 6.07) is 16.7. The van der Waals surface area contributed by atoms with Gasteiger partial charge < -0.3 is 9.15 Å². The second-order valence-electron chi connectivity index (χ2n) is 10.5. The van der Waals surface area contributed by atoms with Gasteiger partial charge in [-0.05, 0) is 35.6 Å². The van der Waals surface area contributed by atoms with Gasteiger partial charge in [-0.25, -0.2) is 9.79 Å². The third-order valence-corrected chi connectivity index (χ3v) is 7.74. The van der Waals surface area contributed by atoms with Crippen molar-refractivity contribution in [3.05, 3.63) is 119 Å². The average molecular weight is 558 g/mol. The van der Waals surface area contributed by atoms with Crippen LogP contribution < -0.4 is 14.9 Å². The molecule has 0 fully saturated rings. The first kappa shape index (κ1) is 27.0. The summed E-state index contributed by atoms with van der Waals surface area (Å²) >= 11 is 1.19. The Kier molecular flexibility index (Phi) is 6.89. The molecule has 204 valence electrons. The molecule has 0 saturated heterocycles. The van der Waals surface area contributed by atoms with Crippen LogP contribution in [0, 0.1) is 10.1 Å².